The van der Waals surface area contributed by atoms with E-state index < -0.39 is 28.4 Å². The number of hydrogen-bond acceptors (Lipinski definition) is 3. The van der Waals surface area contributed by atoms with Gasteiger partial charge in [-0.2, -0.15) is 0 Å². The van der Waals surface area contributed by atoms with E-state index in [0.717, 1.165) is 18.3 Å². The van der Waals surface area contributed by atoms with Gasteiger partial charge in [0.1, 0.15) is 17.2 Å². The van der Waals surface area contributed by atoms with Crippen LogP contribution >= 0.6 is 0 Å². The predicted molar refractivity (Wildman–Crippen MR) is 56.1 cm³/mol. The lowest BCUT2D eigenvalue weighted by Crippen LogP contribution is -2.34. The summed E-state index contributed by atoms with van der Waals surface area (Å²) in [6.45, 7) is 0. The second-order valence-corrected chi connectivity index (χ2v) is 3.28. The van der Waals surface area contributed by atoms with Crippen LogP contribution in [-0.4, -0.2) is 10.9 Å². The van der Waals surface area contributed by atoms with E-state index in [1.165, 1.54) is 0 Å². The summed E-state index contributed by atoms with van der Waals surface area (Å²) >= 11 is 0. The highest BCUT2D eigenvalue weighted by molar-refractivity contribution is 5.96. The SMILES string of the molecule is NNC(=O)c1c[nH]c2c(F)ccc(F)c2c1=O. The number of halogens is 2. The molecule has 5 nitrogen and oxygen atoms in total. The van der Waals surface area contributed by atoms with E-state index in [4.69, 9.17) is 5.84 Å². The lowest BCUT2D eigenvalue weighted by molar-refractivity contribution is 0.0952. The number of rotatable bonds is 1. The maximum Gasteiger partial charge on any atom is 0.270 e. The van der Waals surface area contributed by atoms with Gasteiger partial charge in [-0.15, -0.1) is 0 Å². The summed E-state index contributed by atoms with van der Waals surface area (Å²) < 4.78 is 26.7. The Labute approximate surface area is 93.2 Å². The second-order valence-electron chi connectivity index (χ2n) is 3.28. The van der Waals surface area contributed by atoms with Gasteiger partial charge in [-0.05, 0) is 12.1 Å². The van der Waals surface area contributed by atoms with Gasteiger partial charge in [0, 0.05) is 6.20 Å². The van der Waals surface area contributed by atoms with Crippen molar-refractivity contribution in [3.8, 4) is 0 Å². The molecule has 1 aromatic carbocycles. The highest BCUT2D eigenvalue weighted by Gasteiger charge is 2.16. The van der Waals surface area contributed by atoms with E-state index >= 15 is 0 Å². The first-order valence-electron chi connectivity index (χ1n) is 4.56. The van der Waals surface area contributed by atoms with Crippen LogP contribution < -0.4 is 16.7 Å². The molecule has 1 amide bonds. The summed E-state index contributed by atoms with van der Waals surface area (Å²) in [6, 6.07) is 1.70. The Hall–Kier alpha value is -2.28. The maximum atomic E-state index is 13.4. The minimum Gasteiger partial charge on any atom is -0.358 e. The summed E-state index contributed by atoms with van der Waals surface area (Å²) in [4.78, 5) is 25.3. The normalized spacial score (nSPS) is 10.5. The van der Waals surface area contributed by atoms with Gasteiger partial charge in [-0.3, -0.25) is 15.0 Å². The molecule has 2 aromatic rings. The third-order valence-corrected chi connectivity index (χ3v) is 2.31. The van der Waals surface area contributed by atoms with Crippen LogP contribution in [0, 0.1) is 11.6 Å². The molecule has 0 fully saturated rings. The minimum atomic E-state index is -0.918. The summed E-state index contributed by atoms with van der Waals surface area (Å²) in [7, 11) is 0. The Morgan fingerprint density at radius 3 is 2.59 bits per heavy atom. The number of fused-ring (bicyclic) bond motifs is 1. The van der Waals surface area contributed by atoms with Crippen LogP contribution in [0.2, 0.25) is 0 Å². The first-order valence-corrected chi connectivity index (χ1v) is 4.56. The molecule has 0 radical (unpaired) electrons. The molecule has 1 heterocycles. The molecule has 0 spiro atoms. The molecule has 0 atom stereocenters. The summed E-state index contributed by atoms with van der Waals surface area (Å²) in [5.74, 6) is 2.30. The minimum absolute atomic E-state index is 0.288. The molecular weight excluding hydrogens is 232 g/mol. The van der Waals surface area contributed by atoms with Gasteiger partial charge < -0.3 is 4.98 Å². The van der Waals surface area contributed by atoms with Gasteiger partial charge >= 0.3 is 0 Å². The molecule has 1 aromatic heterocycles. The highest BCUT2D eigenvalue weighted by atomic mass is 19.1. The van der Waals surface area contributed by atoms with Crippen LogP contribution in [0.15, 0.2) is 23.1 Å². The number of carbonyl (C=O) groups is 1. The Kier molecular flexibility index (Phi) is 2.60. The van der Waals surface area contributed by atoms with Crippen LogP contribution in [0.5, 0.6) is 0 Å². The molecule has 0 saturated carbocycles. The fourth-order valence-corrected chi connectivity index (χ4v) is 1.51. The molecule has 17 heavy (non-hydrogen) atoms. The van der Waals surface area contributed by atoms with Crippen molar-refractivity contribution in [2.75, 3.05) is 0 Å². The monoisotopic (exact) mass is 239 g/mol. The number of hydrazine groups is 1. The van der Waals surface area contributed by atoms with Crippen LogP contribution in [0.4, 0.5) is 8.78 Å². The predicted octanol–water partition coefficient (Wildman–Crippen LogP) is 0.410. The molecular formula is C10H7F2N3O2. The van der Waals surface area contributed by atoms with Crippen molar-refractivity contribution in [3.05, 3.63) is 45.8 Å². The number of carbonyl (C=O) groups excluding carboxylic acids is 1. The fraction of sp³-hybridized carbons (Fsp3) is 0. The zero-order valence-corrected chi connectivity index (χ0v) is 8.38. The number of H-pyrrole nitrogens is 1. The molecule has 0 saturated heterocycles. The lowest BCUT2D eigenvalue weighted by atomic mass is 10.1. The second kappa shape index (κ2) is 3.95. The van der Waals surface area contributed by atoms with Gasteiger partial charge in [-0.25, -0.2) is 14.6 Å². The van der Waals surface area contributed by atoms with Gasteiger partial charge in [0.15, 0.2) is 0 Å². The average molecular weight is 239 g/mol. The van der Waals surface area contributed by atoms with E-state index in [9.17, 15) is 18.4 Å². The van der Waals surface area contributed by atoms with Gasteiger partial charge in [-0.1, -0.05) is 0 Å². The Bertz CT molecular complexity index is 666. The van der Waals surface area contributed by atoms with Gasteiger partial charge in [0.05, 0.1) is 10.9 Å². The molecule has 0 aliphatic carbocycles. The van der Waals surface area contributed by atoms with Crippen molar-refractivity contribution in [2.24, 2.45) is 5.84 Å². The van der Waals surface area contributed by atoms with Gasteiger partial charge in [0.25, 0.3) is 5.91 Å². The van der Waals surface area contributed by atoms with E-state index in [1.54, 1.807) is 5.43 Å². The molecule has 0 bridgehead atoms. The van der Waals surface area contributed by atoms with Crippen LogP contribution in [0.1, 0.15) is 10.4 Å². The molecule has 88 valence electrons. The Balaban J connectivity index is 2.89. The average Bonchev–Trinajstić information content (AvgIpc) is 2.33. The van der Waals surface area contributed by atoms with Crippen LogP contribution in [0.25, 0.3) is 10.9 Å². The molecule has 0 aliphatic rings. The van der Waals surface area contributed by atoms with Crippen LogP contribution in [-0.2, 0) is 0 Å². The fourth-order valence-electron chi connectivity index (χ4n) is 1.51. The summed E-state index contributed by atoms with van der Waals surface area (Å²) in [5, 5.41) is -0.508. The quantitative estimate of drug-likeness (QED) is 0.382. The van der Waals surface area contributed by atoms with E-state index in [2.05, 4.69) is 4.98 Å². The van der Waals surface area contributed by atoms with Crippen LogP contribution in [0.3, 0.4) is 0 Å². The third kappa shape index (κ3) is 1.66. The largest absolute Gasteiger partial charge is 0.358 e. The summed E-state index contributed by atoms with van der Waals surface area (Å²) in [6.07, 6.45) is 0.982. The van der Waals surface area contributed by atoms with E-state index in [-0.39, 0.29) is 11.1 Å². The molecule has 0 unspecified atom stereocenters. The number of aromatic amines is 1. The number of nitrogens with one attached hydrogen (secondary N) is 2. The molecule has 4 N–H and O–H groups in total. The van der Waals surface area contributed by atoms with Crippen molar-refractivity contribution in [1.82, 2.24) is 10.4 Å². The smallest absolute Gasteiger partial charge is 0.270 e. The number of nitrogens with two attached hydrogens (primary N) is 1. The number of hydrogen-bond donors (Lipinski definition) is 3. The lowest BCUT2D eigenvalue weighted by Gasteiger charge is -2.03. The number of benzene rings is 1. The number of amides is 1. The molecule has 0 aliphatic heterocycles. The Morgan fingerprint density at radius 2 is 1.94 bits per heavy atom. The number of pyridine rings is 1. The third-order valence-electron chi connectivity index (χ3n) is 2.31. The maximum absolute atomic E-state index is 13.4. The standard InChI is InChI=1S/C10H7F2N3O2/c11-5-1-2-6(12)8-7(5)9(16)4(3-14-8)10(17)15-13/h1-3H,13H2,(H,14,16)(H,15,17). The summed E-state index contributed by atoms with van der Waals surface area (Å²) in [5.41, 5.74) is 0.155. The van der Waals surface area contributed by atoms with Crippen molar-refractivity contribution in [1.29, 1.82) is 0 Å². The molecule has 2 rings (SSSR count). The zero-order chi connectivity index (χ0) is 12.6. The van der Waals surface area contributed by atoms with E-state index in [0.29, 0.717) is 0 Å². The van der Waals surface area contributed by atoms with Gasteiger partial charge in [0.2, 0.25) is 5.43 Å². The van der Waals surface area contributed by atoms with Crippen molar-refractivity contribution in [2.45, 2.75) is 0 Å². The first-order chi connectivity index (χ1) is 8.06. The van der Waals surface area contributed by atoms with Crippen molar-refractivity contribution in [3.63, 3.8) is 0 Å². The Morgan fingerprint density at radius 1 is 1.29 bits per heavy atom. The number of aromatic nitrogens is 1. The first kappa shape index (κ1) is 11.2. The van der Waals surface area contributed by atoms with Crippen molar-refractivity contribution >= 4 is 16.8 Å². The zero-order valence-electron chi connectivity index (χ0n) is 8.38. The highest BCUT2D eigenvalue weighted by Crippen LogP contribution is 2.15. The van der Waals surface area contributed by atoms with E-state index in [1.807, 2.05) is 0 Å². The molecule has 7 heteroatoms. The number of nitrogen functional groups attached to an aromatic ring is 1. The topological polar surface area (TPSA) is 88.0 Å². The van der Waals surface area contributed by atoms with Crippen molar-refractivity contribution < 1.29 is 13.6 Å².